The van der Waals surface area contributed by atoms with Crippen LogP contribution in [0.5, 0.6) is 6.01 Å². The normalized spacial score (nSPS) is 28.6. The summed E-state index contributed by atoms with van der Waals surface area (Å²) in [7, 11) is 0. The maximum atomic E-state index is 9.79. The number of halogens is 1. The molecule has 0 bridgehead atoms. The van der Waals surface area contributed by atoms with Crippen LogP contribution in [-0.4, -0.2) is 67.9 Å². The minimum Gasteiger partial charge on any atom is -0.456 e. The van der Waals surface area contributed by atoms with Gasteiger partial charge in [0.15, 0.2) is 11.8 Å². The number of aliphatic hydroxyl groups excluding tert-OH is 1. The molecule has 4 atom stereocenters. The minimum atomic E-state index is -0.619. The van der Waals surface area contributed by atoms with E-state index >= 15 is 0 Å². The van der Waals surface area contributed by atoms with Gasteiger partial charge in [-0.25, -0.2) is 4.98 Å². The van der Waals surface area contributed by atoms with Gasteiger partial charge in [0.05, 0.1) is 23.8 Å². The van der Waals surface area contributed by atoms with Crippen molar-refractivity contribution in [3.05, 3.63) is 23.4 Å². The van der Waals surface area contributed by atoms with Gasteiger partial charge in [-0.15, -0.1) is 0 Å². The van der Waals surface area contributed by atoms with E-state index in [2.05, 4.69) is 25.1 Å². The second-order valence-corrected chi connectivity index (χ2v) is 6.42. The number of H-pyrrole nitrogens is 2. The highest BCUT2D eigenvalue weighted by Gasteiger charge is 2.48. The van der Waals surface area contributed by atoms with Crippen LogP contribution >= 0.6 is 11.6 Å². The summed E-state index contributed by atoms with van der Waals surface area (Å²) < 4.78 is 17.0. The number of aromatic amines is 2. The third kappa shape index (κ3) is 2.47. The first kappa shape index (κ1) is 15.1. The average molecular weight is 364 g/mol. The number of nitrogens with one attached hydrogen (secondary N) is 2. The van der Waals surface area contributed by atoms with Crippen LogP contribution < -0.4 is 4.74 Å². The van der Waals surface area contributed by atoms with Gasteiger partial charge in [0.1, 0.15) is 29.7 Å². The van der Waals surface area contributed by atoms with Gasteiger partial charge < -0.3 is 24.3 Å². The summed E-state index contributed by atoms with van der Waals surface area (Å²) >= 11 is 6.29. The SMILES string of the molecule is OC1CO[C@H]2[C@@H]1OC[C@H]2Oc1nc2nc(-c3cc[nH]n3)c(Cl)cc2[nH]1. The van der Waals surface area contributed by atoms with Crippen molar-refractivity contribution in [2.45, 2.75) is 24.4 Å². The van der Waals surface area contributed by atoms with Gasteiger partial charge >= 0.3 is 0 Å². The zero-order valence-electron chi connectivity index (χ0n) is 12.8. The summed E-state index contributed by atoms with van der Waals surface area (Å²) in [6.45, 7) is 0.579. The van der Waals surface area contributed by atoms with E-state index in [1.165, 1.54) is 0 Å². The van der Waals surface area contributed by atoms with E-state index < -0.39 is 6.10 Å². The topological polar surface area (TPSA) is 118 Å². The first-order valence-corrected chi connectivity index (χ1v) is 8.21. The molecule has 0 aromatic carbocycles. The van der Waals surface area contributed by atoms with E-state index in [0.717, 1.165) is 0 Å². The molecule has 0 spiro atoms. The van der Waals surface area contributed by atoms with Gasteiger partial charge in [-0.2, -0.15) is 10.1 Å². The lowest BCUT2D eigenvalue weighted by Crippen LogP contribution is -2.34. The third-order valence-corrected chi connectivity index (χ3v) is 4.68. The van der Waals surface area contributed by atoms with E-state index in [1.807, 2.05) is 0 Å². The number of imidazole rings is 1. The minimum absolute atomic E-state index is 0.250. The largest absolute Gasteiger partial charge is 0.456 e. The number of rotatable bonds is 3. The molecule has 1 unspecified atom stereocenters. The fraction of sp³-hybridized carbons (Fsp3) is 0.400. The molecule has 9 nitrogen and oxygen atoms in total. The van der Waals surface area contributed by atoms with Crippen molar-refractivity contribution in [2.24, 2.45) is 0 Å². The summed E-state index contributed by atoms with van der Waals surface area (Å²) in [6.07, 6.45) is 0.0751. The Morgan fingerprint density at radius 3 is 2.96 bits per heavy atom. The fourth-order valence-electron chi connectivity index (χ4n) is 3.21. The Bertz CT molecular complexity index is 914. The van der Waals surface area contributed by atoms with Crippen LogP contribution in [-0.2, 0) is 9.47 Å². The molecular weight excluding hydrogens is 350 g/mol. The summed E-state index contributed by atoms with van der Waals surface area (Å²) in [5, 5.41) is 17.1. The lowest BCUT2D eigenvalue weighted by molar-refractivity contribution is 0.00706. The van der Waals surface area contributed by atoms with E-state index in [0.29, 0.717) is 40.2 Å². The Labute approximate surface area is 146 Å². The molecule has 2 fully saturated rings. The molecule has 3 N–H and O–H groups in total. The first-order valence-electron chi connectivity index (χ1n) is 7.83. The predicted octanol–water partition coefficient (Wildman–Crippen LogP) is 0.907. The number of fused-ring (bicyclic) bond motifs is 2. The number of nitrogens with zero attached hydrogens (tertiary/aromatic N) is 3. The molecule has 130 valence electrons. The standard InChI is InChI=1S/C15H14ClN5O4/c16-6-3-8-14(19-11(6)7-1-2-17-21-7)20-15(18-8)25-10-5-24-12-9(22)4-23-13(10)12/h1-3,9-10,12-13,22H,4-5H2,(H,17,21)(H,18,19,20)/t9?,10-,12-,13-/m1/s1. The molecule has 3 aromatic rings. The lowest BCUT2D eigenvalue weighted by Gasteiger charge is -2.15. The molecule has 0 radical (unpaired) electrons. The molecule has 0 saturated carbocycles. The third-order valence-electron chi connectivity index (χ3n) is 4.39. The Kier molecular flexibility index (Phi) is 3.42. The number of aromatic nitrogens is 5. The predicted molar refractivity (Wildman–Crippen MR) is 86.4 cm³/mol. The molecular formula is C15H14ClN5O4. The van der Waals surface area contributed by atoms with Gasteiger partial charge in [0, 0.05) is 6.20 Å². The second kappa shape index (κ2) is 5.67. The van der Waals surface area contributed by atoms with E-state index in [4.69, 9.17) is 25.8 Å². The Hall–Kier alpha value is -2.20. The summed E-state index contributed by atoms with van der Waals surface area (Å²) in [6, 6.07) is 3.82. The molecule has 0 amide bonds. The molecule has 5 rings (SSSR count). The van der Waals surface area contributed by atoms with Crippen LogP contribution in [0.2, 0.25) is 5.02 Å². The van der Waals surface area contributed by atoms with Crippen LogP contribution in [0.1, 0.15) is 0 Å². The Morgan fingerprint density at radius 1 is 1.24 bits per heavy atom. The molecule has 25 heavy (non-hydrogen) atoms. The van der Waals surface area contributed by atoms with Crippen LogP contribution in [0.25, 0.3) is 22.6 Å². The molecule has 5 heterocycles. The zero-order chi connectivity index (χ0) is 17.0. The molecule has 2 aliphatic rings. The monoisotopic (exact) mass is 363 g/mol. The molecule has 2 saturated heterocycles. The fourth-order valence-corrected chi connectivity index (χ4v) is 3.46. The van der Waals surface area contributed by atoms with Crippen molar-refractivity contribution in [3.63, 3.8) is 0 Å². The van der Waals surface area contributed by atoms with Crippen molar-refractivity contribution in [1.82, 2.24) is 25.1 Å². The number of hydrogen-bond acceptors (Lipinski definition) is 7. The van der Waals surface area contributed by atoms with Crippen molar-refractivity contribution in [2.75, 3.05) is 13.2 Å². The maximum Gasteiger partial charge on any atom is 0.296 e. The highest BCUT2D eigenvalue weighted by atomic mass is 35.5. The zero-order valence-corrected chi connectivity index (χ0v) is 13.6. The summed E-state index contributed by atoms with van der Waals surface area (Å²) in [5.74, 6) is 0. The van der Waals surface area contributed by atoms with Crippen LogP contribution in [0.4, 0.5) is 0 Å². The second-order valence-electron chi connectivity index (χ2n) is 6.01. The van der Waals surface area contributed by atoms with Crippen LogP contribution in [0.3, 0.4) is 0 Å². The van der Waals surface area contributed by atoms with Gasteiger partial charge in [-0.1, -0.05) is 11.6 Å². The molecule has 10 heteroatoms. The van der Waals surface area contributed by atoms with E-state index in [-0.39, 0.29) is 24.9 Å². The van der Waals surface area contributed by atoms with Gasteiger partial charge in [0.2, 0.25) is 0 Å². The van der Waals surface area contributed by atoms with Crippen LogP contribution in [0, 0.1) is 0 Å². The van der Waals surface area contributed by atoms with Crippen molar-refractivity contribution < 1.29 is 19.3 Å². The number of aliphatic hydroxyl groups is 1. The van der Waals surface area contributed by atoms with Crippen molar-refractivity contribution in [1.29, 1.82) is 0 Å². The average Bonchev–Trinajstić information content (AvgIpc) is 3.34. The number of ether oxygens (including phenoxy) is 3. The first-order chi connectivity index (χ1) is 12.2. The highest BCUT2D eigenvalue weighted by molar-refractivity contribution is 6.33. The van der Waals surface area contributed by atoms with Crippen molar-refractivity contribution >= 4 is 22.8 Å². The highest BCUT2D eigenvalue weighted by Crippen LogP contribution is 2.31. The summed E-state index contributed by atoms with van der Waals surface area (Å²) in [5.41, 5.74) is 2.31. The summed E-state index contributed by atoms with van der Waals surface area (Å²) in [4.78, 5) is 11.9. The number of hydrogen-bond donors (Lipinski definition) is 3. The van der Waals surface area contributed by atoms with Gasteiger partial charge in [-0.05, 0) is 12.1 Å². The van der Waals surface area contributed by atoms with E-state index in [1.54, 1.807) is 18.3 Å². The lowest BCUT2D eigenvalue weighted by atomic mass is 10.1. The Balaban J connectivity index is 1.43. The van der Waals surface area contributed by atoms with Crippen LogP contribution in [0.15, 0.2) is 18.3 Å². The number of pyridine rings is 1. The molecule has 3 aromatic heterocycles. The van der Waals surface area contributed by atoms with Gasteiger partial charge in [0.25, 0.3) is 6.01 Å². The maximum absolute atomic E-state index is 9.79. The van der Waals surface area contributed by atoms with Crippen molar-refractivity contribution in [3.8, 4) is 17.4 Å². The molecule has 0 aliphatic carbocycles. The van der Waals surface area contributed by atoms with E-state index in [9.17, 15) is 5.11 Å². The molecule has 2 aliphatic heterocycles. The van der Waals surface area contributed by atoms with Gasteiger partial charge in [-0.3, -0.25) is 5.10 Å². The quantitative estimate of drug-likeness (QED) is 0.632. The Morgan fingerprint density at radius 2 is 2.12 bits per heavy atom. The smallest absolute Gasteiger partial charge is 0.296 e.